The van der Waals surface area contributed by atoms with E-state index < -0.39 is 0 Å². The quantitative estimate of drug-likeness (QED) is 0.492. The van der Waals surface area contributed by atoms with Crippen LogP contribution in [0.3, 0.4) is 0 Å². The van der Waals surface area contributed by atoms with Gasteiger partial charge in [0.2, 0.25) is 0 Å². The Kier molecular flexibility index (Phi) is 1.86. The lowest BCUT2D eigenvalue weighted by molar-refractivity contribution is 0.904. The fraction of sp³-hybridized carbons (Fsp3) is 0.800. The van der Waals surface area contributed by atoms with Crippen molar-refractivity contribution in [2.75, 3.05) is 26.7 Å². The van der Waals surface area contributed by atoms with Crippen LogP contribution in [0.2, 0.25) is 0 Å². The number of nitrogens with one attached hydrogen (secondary N) is 2. The summed E-state index contributed by atoms with van der Waals surface area (Å²) in [7, 11) is 1.92. The molecule has 0 aliphatic carbocycles. The Labute approximate surface area is 49.2 Å². The summed E-state index contributed by atoms with van der Waals surface area (Å²) in [4.78, 5) is 4.17. The molecule has 0 aromatic heterocycles. The Morgan fingerprint density at radius 3 is 3.25 bits per heavy atom. The van der Waals surface area contributed by atoms with Crippen molar-refractivity contribution in [1.82, 2.24) is 10.6 Å². The molecule has 0 aromatic rings. The predicted octanol–water partition coefficient (Wildman–Crippen LogP) is -0.793. The van der Waals surface area contributed by atoms with Crippen molar-refractivity contribution in [3.63, 3.8) is 0 Å². The molecule has 2 N–H and O–H groups in total. The van der Waals surface area contributed by atoms with Crippen LogP contribution in [0.4, 0.5) is 0 Å². The van der Waals surface area contributed by atoms with Gasteiger partial charge in [-0.15, -0.1) is 0 Å². The van der Waals surface area contributed by atoms with Gasteiger partial charge in [-0.2, -0.15) is 0 Å². The third-order valence-corrected chi connectivity index (χ3v) is 1.09. The number of likely N-dealkylation sites (N-methyl/N-ethyl adjacent to an activating group) is 1. The van der Waals surface area contributed by atoms with Crippen LogP contribution in [0.1, 0.15) is 0 Å². The van der Waals surface area contributed by atoms with Gasteiger partial charge >= 0.3 is 0 Å². The SMILES string of the molecule is CNCC1=NCCN1. The second-order valence-electron chi connectivity index (χ2n) is 1.79. The van der Waals surface area contributed by atoms with Crippen LogP contribution in [-0.2, 0) is 0 Å². The van der Waals surface area contributed by atoms with Crippen molar-refractivity contribution in [3.8, 4) is 0 Å². The van der Waals surface area contributed by atoms with Crippen molar-refractivity contribution < 1.29 is 0 Å². The first-order valence-corrected chi connectivity index (χ1v) is 2.85. The van der Waals surface area contributed by atoms with Crippen LogP contribution in [-0.4, -0.2) is 32.5 Å². The van der Waals surface area contributed by atoms with Crippen LogP contribution in [0.15, 0.2) is 4.99 Å². The highest BCUT2D eigenvalue weighted by molar-refractivity contribution is 5.85. The lowest BCUT2D eigenvalue weighted by Crippen LogP contribution is -2.28. The smallest absolute Gasteiger partial charge is 0.110 e. The van der Waals surface area contributed by atoms with E-state index in [0.717, 1.165) is 25.5 Å². The number of hydrogen-bond acceptors (Lipinski definition) is 3. The first-order chi connectivity index (χ1) is 3.93. The molecule has 1 aliphatic rings. The fourth-order valence-corrected chi connectivity index (χ4v) is 0.733. The van der Waals surface area contributed by atoms with Gasteiger partial charge in [-0.05, 0) is 7.05 Å². The van der Waals surface area contributed by atoms with E-state index in [-0.39, 0.29) is 0 Å². The second-order valence-corrected chi connectivity index (χ2v) is 1.79. The van der Waals surface area contributed by atoms with Crippen molar-refractivity contribution >= 4 is 5.84 Å². The molecular formula is C5H11N3. The van der Waals surface area contributed by atoms with Gasteiger partial charge in [0.05, 0.1) is 13.1 Å². The van der Waals surface area contributed by atoms with Crippen LogP contribution >= 0.6 is 0 Å². The Morgan fingerprint density at radius 1 is 1.88 bits per heavy atom. The third-order valence-electron chi connectivity index (χ3n) is 1.09. The molecule has 0 saturated carbocycles. The highest BCUT2D eigenvalue weighted by Crippen LogP contribution is 1.81. The summed E-state index contributed by atoms with van der Waals surface area (Å²) in [5, 5.41) is 6.16. The summed E-state index contributed by atoms with van der Waals surface area (Å²) in [6, 6.07) is 0. The number of hydrogen-bond donors (Lipinski definition) is 2. The summed E-state index contributed by atoms with van der Waals surface area (Å²) < 4.78 is 0. The highest BCUT2D eigenvalue weighted by Gasteiger charge is 2.00. The fourth-order valence-electron chi connectivity index (χ4n) is 0.733. The van der Waals surface area contributed by atoms with E-state index in [1.165, 1.54) is 0 Å². The van der Waals surface area contributed by atoms with Crippen LogP contribution in [0.5, 0.6) is 0 Å². The maximum Gasteiger partial charge on any atom is 0.110 e. The minimum Gasteiger partial charge on any atom is -0.371 e. The van der Waals surface area contributed by atoms with E-state index in [4.69, 9.17) is 0 Å². The third kappa shape index (κ3) is 1.20. The summed E-state index contributed by atoms with van der Waals surface area (Å²) in [6.07, 6.45) is 0. The summed E-state index contributed by atoms with van der Waals surface area (Å²) in [6.45, 7) is 2.83. The highest BCUT2D eigenvalue weighted by atomic mass is 15.1. The number of amidine groups is 1. The zero-order valence-corrected chi connectivity index (χ0v) is 5.07. The van der Waals surface area contributed by atoms with Gasteiger partial charge in [0.15, 0.2) is 0 Å². The van der Waals surface area contributed by atoms with Crippen molar-refractivity contribution in [3.05, 3.63) is 0 Å². The first kappa shape index (κ1) is 5.56. The van der Waals surface area contributed by atoms with Crippen LogP contribution in [0, 0.1) is 0 Å². The van der Waals surface area contributed by atoms with E-state index in [2.05, 4.69) is 15.6 Å². The largest absolute Gasteiger partial charge is 0.371 e. The lowest BCUT2D eigenvalue weighted by Gasteiger charge is -1.97. The molecule has 0 spiro atoms. The molecular weight excluding hydrogens is 102 g/mol. The second kappa shape index (κ2) is 2.67. The van der Waals surface area contributed by atoms with Crippen molar-refractivity contribution in [2.45, 2.75) is 0 Å². The van der Waals surface area contributed by atoms with Gasteiger partial charge in [0.25, 0.3) is 0 Å². The standard InChI is InChI=1S/C5H11N3/c1-6-4-5-7-2-3-8-5/h6H,2-4H2,1H3,(H,7,8). The van der Waals surface area contributed by atoms with E-state index in [1.807, 2.05) is 7.05 Å². The van der Waals surface area contributed by atoms with Gasteiger partial charge in [-0.1, -0.05) is 0 Å². The molecule has 0 saturated heterocycles. The average Bonchev–Trinajstić information content (AvgIpc) is 2.19. The topological polar surface area (TPSA) is 36.4 Å². The van der Waals surface area contributed by atoms with Gasteiger partial charge in [-0.25, -0.2) is 0 Å². The normalized spacial score (nSPS) is 17.9. The summed E-state index contributed by atoms with van der Waals surface area (Å²) >= 11 is 0. The predicted molar refractivity (Wildman–Crippen MR) is 34.2 cm³/mol. The molecule has 46 valence electrons. The molecule has 1 heterocycles. The molecule has 0 amide bonds. The maximum absolute atomic E-state index is 4.17. The average molecular weight is 113 g/mol. The van der Waals surface area contributed by atoms with E-state index in [0.29, 0.717) is 0 Å². The van der Waals surface area contributed by atoms with Gasteiger partial charge in [0, 0.05) is 6.54 Å². The van der Waals surface area contributed by atoms with Crippen molar-refractivity contribution in [1.29, 1.82) is 0 Å². The summed E-state index contributed by atoms with van der Waals surface area (Å²) in [5.74, 6) is 1.09. The molecule has 1 aliphatic heterocycles. The molecule has 0 unspecified atom stereocenters. The maximum atomic E-state index is 4.17. The molecule has 3 heteroatoms. The first-order valence-electron chi connectivity index (χ1n) is 2.85. The van der Waals surface area contributed by atoms with Gasteiger partial charge < -0.3 is 10.6 Å². The summed E-state index contributed by atoms with van der Waals surface area (Å²) in [5.41, 5.74) is 0. The zero-order valence-electron chi connectivity index (χ0n) is 5.07. The Balaban J connectivity index is 2.23. The Hall–Kier alpha value is -0.570. The molecule has 1 rings (SSSR count). The minimum atomic E-state index is 0.875. The molecule has 0 radical (unpaired) electrons. The number of rotatable bonds is 2. The number of nitrogens with zero attached hydrogens (tertiary/aromatic N) is 1. The van der Waals surface area contributed by atoms with Gasteiger partial charge in [0.1, 0.15) is 5.84 Å². The van der Waals surface area contributed by atoms with E-state index in [9.17, 15) is 0 Å². The monoisotopic (exact) mass is 113 g/mol. The van der Waals surface area contributed by atoms with Crippen LogP contribution < -0.4 is 10.6 Å². The zero-order chi connectivity index (χ0) is 5.82. The Morgan fingerprint density at radius 2 is 2.75 bits per heavy atom. The van der Waals surface area contributed by atoms with Crippen LogP contribution in [0.25, 0.3) is 0 Å². The number of aliphatic imine (C=N–C) groups is 1. The molecule has 8 heavy (non-hydrogen) atoms. The molecule has 3 nitrogen and oxygen atoms in total. The minimum absolute atomic E-state index is 0.875. The molecule has 0 aromatic carbocycles. The Bertz CT molecular complexity index is 97.8. The van der Waals surface area contributed by atoms with Gasteiger partial charge in [-0.3, -0.25) is 4.99 Å². The lowest BCUT2D eigenvalue weighted by atomic mass is 10.6. The molecule has 0 bridgehead atoms. The molecule has 0 atom stereocenters. The molecule has 0 fully saturated rings. The van der Waals surface area contributed by atoms with Crippen molar-refractivity contribution in [2.24, 2.45) is 4.99 Å². The van der Waals surface area contributed by atoms with E-state index in [1.54, 1.807) is 0 Å². The van der Waals surface area contributed by atoms with E-state index >= 15 is 0 Å².